The second-order valence-corrected chi connectivity index (χ2v) is 8.52. The van der Waals surface area contributed by atoms with Gasteiger partial charge in [-0.1, -0.05) is 19.3 Å². The molecule has 7 heteroatoms. The minimum absolute atomic E-state index is 0.0185. The molecule has 0 aliphatic heterocycles. The van der Waals surface area contributed by atoms with Gasteiger partial charge in [-0.15, -0.1) is 0 Å². The standard InChI is InChI=1S/C24H29BrN2O4/c1-4-31-22-20(25)14-17(15-21(22)30-3)23(28)26-18-12-10-16(11-13-18)24(29)27(2)19-8-6-5-7-9-19/h10-15,19H,4-9H2,1-3H3,(H,26,28). The van der Waals surface area contributed by atoms with Gasteiger partial charge in [-0.2, -0.15) is 0 Å². The van der Waals surface area contributed by atoms with E-state index in [9.17, 15) is 9.59 Å². The number of hydrogen-bond acceptors (Lipinski definition) is 4. The molecule has 0 aromatic heterocycles. The minimum atomic E-state index is -0.277. The molecule has 1 saturated carbocycles. The summed E-state index contributed by atoms with van der Waals surface area (Å²) in [6.07, 6.45) is 5.75. The molecule has 3 rings (SSSR count). The zero-order chi connectivity index (χ0) is 22.4. The summed E-state index contributed by atoms with van der Waals surface area (Å²) in [6.45, 7) is 2.37. The molecule has 0 heterocycles. The average Bonchev–Trinajstić information content (AvgIpc) is 2.80. The molecule has 166 valence electrons. The summed E-state index contributed by atoms with van der Waals surface area (Å²) in [5.41, 5.74) is 1.67. The number of ether oxygens (including phenoxy) is 2. The van der Waals surface area contributed by atoms with Crippen molar-refractivity contribution in [2.75, 3.05) is 26.1 Å². The van der Waals surface area contributed by atoms with Crippen molar-refractivity contribution in [1.29, 1.82) is 0 Å². The zero-order valence-electron chi connectivity index (χ0n) is 18.2. The van der Waals surface area contributed by atoms with Crippen molar-refractivity contribution in [3.8, 4) is 11.5 Å². The monoisotopic (exact) mass is 488 g/mol. The highest BCUT2D eigenvalue weighted by Gasteiger charge is 2.23. The highest BCUT2D eigenvalue weighted by Crippen LogP contribution is 2.36. The van der Waals surface area contributed by atoms with Crippen LogP contribution in [0.1, 0.15) is 59.7 Å². The molecule has 0 atom stereocenters. The average molecular weight is 489 g/mol. The first-order chi connectivity index (χ1) is 14.9. The summed E-state index contributed by atoms with van der Waals surface area (Å²) in [4.78, 5) is 27.4. The Hall–Kier alpha value is -2.54. The molecule has 6 nitrogen and oxygen atoms in total. The van der Waals surface area contributed by atoms with Crippen molar-refractivity contribution in [2.45, 2.75) is 45.1 Å². The number of benzene rings is 2. The maximum Gasteiger partial charge on any atom is 0.255 e. The third kappa shape index (κ3) is 5.58. The van der Waals surface area contributed by atoms with Gasteiger partial charge >= 0.3 is 0 Å². The second kappa shape index (κ2) is 10.7. The number of rotatable bonds is 7. The van der Waals surface area contributed by atoms with Crippen LogP contribution in [0.4, 0.5) is 5.69 Å². The number of hydrogen-bond donors (Lipinski definition) is 1. The number of carbonyl (C=O) groups excluding carboxylic acids is 2. The summed E-state index contributed by atoms with van der Waals surface area (Å²) in [5, 5.41) is 2.87. The quantitative estimate of drug-likeness (QED) is 0.557. The molecule has 1 aliphatic rings. The van der Waals surface area contributed by atoms with E-state index in [1.54, 1.807) is 36.4 Å². The molecule has 0 radical (unpaired) electrons. The first kappa shape index (κ1) is 23.1. The van der Waals surface area contributed by atoms with Crippen molar-refractivity contribution >= 4 is 33.4 Å². The molecular formula is C24H29BrN2O4. The lowest BCUT2D eigenvalue weighted by molar-refractivity contribution is 0.0696. The van der Waals surface area contributed by atoms with Gasteiger partial charge in [0.05, 0.1) is 18.2 Å². The van der Waals surface area contributed by atoms with E-state index in [4.69, 9.17) is 9.47 Å². The van der Waals surface area contributed by atoms with E-state index in [2.05, 4.69) is 21.2 Å². The van der Waals surface area contributed by atoms with Crippen LogP contribution in [0.25, 0.3) is 0 Å². The molecule has 0 saturated heterocycles. The Labute approximate surface area is 192 Å². The number of nitrogens with zero attached hydrogens (tertiary/aromatic N) is 1. The lowest BCUT2D eigenvalue weighted by atomic mass is 9.94. The lowest BCUT2D eigenvalue weighted by Crippen LogP contribution is -2.38. The highest BCUT2D eigenvalue weighted by atomic mass is 79.9. The molecule has 0 unspecified atom stereocenters. The molecule has 31 heavy (non-hydrogen) atoms. The van der Waals surface area contributed by atoms with Crippen LogP contribution in [-0.4, -0.2) is 43.5 Å². The van der Waals surface area contributed by atoms with Crippen molar-refractivity contribution in [3.05, 3.63) is 52.0 Å². The first-order valence-electron chi connectivity index (χ1n) is 10.6. The first-order valence-corrected chi connectivity index (χ1v) is 11.4. The fourth-order valence-electron chi connectivity index (χ4n) is 3.87. The summed E-state index contributed by atoms with van der Waals surface area (Å²) < 4.78 is 11.6. The number of methoxy groups -OCH3 is 1. The molecule has 2 amide bonds. The van der Waals surface area contributed by atoms with Crippen LogP contribution in [0.15, 0.2) is 40.9 Å². The number of nitrogens with one attached hydrogen (secondary N) is 1. The second-order valence-electron chi connectivity index (χ2n) is 7.66. The van der Waals surface area contributed by atoms with Gasteiger partial charge in [0.1, 0.15) is 0 Å². The molecule has 1 aliphatic carbocycles. The van der Waals surface area contributed by atoms with Crippen LogP contribution in [0.5, 0.6) is 11.5 Å². The van der Waals surface area contributed by atoms with Crippen LogP contribution < -0.4 is 14.8 Å². The fraction of sp³-hybridized carbons (Fsp3) is 0.417. The Bertz CT molecular complexity index is 924. The van der Waals surface area contributed by atoms with E-state index in [-0.39, 0.29) is 11.8 Å². The van der Waals surface area contributed by atoms with Gasteiger partial charge in [0.2, 0.25) is 0 Å². The summed E-state index contributed by atoms with van der Waals surface area (Å²) in [5.74, 6) is 0.782. The number of halogens is 1. The van der Waals surface area contributed by atoms with Crippen molar-refractivity contribution < 1.29 is 19.1 Å². The van der Waals surface area contributed by atoms with Crippen LogP contribution in [0, 0.1) is 0 Å². The maximum absolute atomic E-state index is 12.8. The molecule has 1 fully saturated rings. The Balaban J connectivity index is 1.68. The molecule has 2 aromatic carbocycles. The third-order valence-electron chi connectivity index (χ3n) is 5.61. The normalized spacial score (nSPS) is 14.1. The number of carbonyl (C=O) groups is 2. The van der Waals surface area contributed by atoms with Crippen LogP contribution >= 0.6 is 15.9 Å². The van der Waals surface area contributed by atoms with Gasteiger partial charge < -0.3 is 19.7 Å². The Kier molecular flexibility index (Phi) is 7.96. The highest BCUT2D eigenvalue weighted by molar-refractivity contribution is 9.10. The largest absolute Gasteiger partial charge is 0.493 e. The van der Waals surface area contributed by atoms with Crippen molar-refractivity contribution in [1.82, 2.24) is 4.90 Å². The zero-order valence-corrected chi connectivity index (χ0v) is 19.8. The van der Waals surface area contributed by atoms with E-state index < -0.39 is 0 Å². The summed E-state index contributed by atoms with van der Waals surface area (Å²) in [6, 6.07) is 10.7. The SMILES string of the molecule is CCOc1c(Br)cc(C(=O)Nc2ccc(C(=O)N(C)C3CCCCC3)cc2)cc1OC. The fourth-order valence-corrected chi connectivity index (χ4v) is 4.43. The Morgan fingerprint density at radius 3 is 2.39 bits per heavy atom. The van der Waals surface area contributed by atoms with Gasteiger partial charge in [-0.05, 0) is 72.1 Å². The smallest absolute Gasteiger partial charge is 0.255 e. The minimum Gasteiger partial charge on any atom is -0.493 e. The van der Waals surface area contributed by atoms with Gasteiger partial charge in [-0.3, -0.25) is 9.59 Å². The van der Waals surface area contributed by atoms with Gasteiger partial charge in [0, 0.05) is 29.9 Å². The molecular weight excluding hydrogens is 460 g/mol. The predicted molar refractivity (Wildman–Crippen MR) is 125 cm³/mol. The predicted octanol–water partition coefficient (Wildman–Crippen LogP) is 5.51. The van der Waals surface area contributed by atoms with Gasteiger partial charge in [0.15, 0.2) is 11.5 Å². The lowest BCUT2D eigenvalue weighted by Gasteiger charge is -2.31. The van der Waals surface area contributed by atoms with Crippen LogP contribution in [0.2, 0.25) is 0 Å². The summed E-state index contributed by atoms with van der Waals surface area (Å²) >= 11 is 3.44. The number of amides is 2. The molecule has 0 spiro atoms. The maximum atomic E-state index is 12.8. The molecule has 0 bridgehead atoms. The van der Waals surface area contributed by atoms with Gasteiger partial charge in [0.25, 0.3) is 11.8 Å². The van der Waals surface area contributed by atoms with Crippen molar-refractivity contribution in [2.24, 2.45) is 0 Å². The Morgan fingerprint density at radius 1 is 1.10 bits per heavy atom. The summed E-state index contributed by atoms with van der Waals surface area (Å²) in [7, 11) is 3.41. The third-order valence-corrected chi connectivity index (χ3v) is 6.20. The number of anilines is 1. The molecule has 1 N–H and O–H groups in total. The van der Waals surface area contributed by atoms with Gasteiger partial charge in [-0.25, -0.2) is 0 Å². The van der Waals surface area contributed by atoms with E-state index in [1.807, 2.05) is 18.9 Å². The topological polar surface area (TPSA) is 67.9 Å². The van der Waals surface area contributed by atoms with Crippen molar-refractivity contribution in [3.63, 3.8) is 0 Å². The van der Waals surface area contributed by atoms with Crippen LogP contribution in [0.3, 0.4) is 0 Å². The van der Waals surface area contributed by atoms with E-state index in [1.165, 1.54) is 26.4 Å². The Morgan fingerprint density at radius 2 is 1.77 bits per heavy atom. The van der Waals surface area contributed by atoms with Crippen LogP contribution in [-0.2, 0) is 0 Å². The van der Waals surface area contributed by atoms with E-state index in [0.29, 0.717) is 45.4 Å². The molecule has 2 aromatic rings. The van der Waals surface area contributed by atoms with E-state index in [0.717, 1.165) is 12.8 Å². The van der Waals surface area contributed by atoms with E-state index >= 15 is 0 Å².